The second-order valence-corrected chi connectivity index (χ2v) is 5.41. The number of nitrogens with two attached hydrogens (primary N) is 1. The molecule has 0 bridgehead atoms. The number of aryl methyl sites for hydroxylation is 1. The fraction of sp³-hybridized carbons (Fsp3) is 0.385. The van der Waals surface area contributed by atoms with Gasteiger partial charge in [-0.1, -0.05) is 22.0 Å². The Morgan fingerprint density at radius 1 is 1.38 bits per heavy atom. The van der Waals surface area contributed by atoms with Crippen molar-refractivity contribution in [3.63, 3.8) is 0 Å². The van der Waals surface area contributed by atoms with Gasteiger partial charge >= 0.3 is 0 Å². The molecule has 0 radical (unpaired) electrons. The fourth-order valence-electron chi connectivity index (χ4n) is 2.72. The van der Waals surface area contributed by atoms with Gasteiger partial charge in [0.25, 0.3) is 0 Å². The molecule has 1 aliphatic heterocycles. The molecule has 0 saturated heterocycles. The first-order valence-corrected chi connectivity index (χ1v) is 6.57. The standard InChI is InChI=1S/C13H15BrN2/c14-11-4-3-9-6-12-10(8-15)2-1-5-16(12)13(9)7-11/h3-4,6-7,10H,1-2,5,8,15H2. The first-order chi connectivity index (χ1) is 7.79. The molecule has 2 aromatic rings. The number of halogens is 1. The first kappa shape index (κ1) is 10.4. The van der Waals surface area contributed by atoms with E-state index in [-0.39, 0.29) is 0 Å². The van der Waals surface area contributed by atoms with Crippen molar-refractivity contribution < 1.29 is 0 Å². The molecular weight excluding hydrogens is 264 g/mol. The second-order valence-electron chi connectivity index (χ2n) is 4.50. The molecule has 1 aliphatic rings. The summed E-state index contributed by atoms with van der Waals surface area (Å²) in [5.41, 5.74) is 8.60. The lowest BCUT2D eigenvalue weighted by molar-refractivity contribution is 0.467. The van der Waals surface area contributed by atoms with Gasteiger partial charge in [0.15, 0.2) is 0 Å². The summed E-state index contributed by atoms with van der Waals surface area (Å²) >= 11 is 3.54. The highest BCUT2D eigenvalue weighted by atomic mass is 79.9. The van der Waals surface area contributed by atoms with E-state index in [2.05, 4.69) is 44.8 Å². The number of hydrogen-bond donors (Lipinski definition) is 1. The van der Waals surface area contributed by atoms with Crippen LogP contribution in [0.4, 0.5) is 0 Å². The van der Waals surface area contributed by atoms with Crippen LogP contribution >= 0.6 is 15.9 Å². The van der Waals surface area contributed by atoms with E-state index in [1.165, 1.54) is 29.4 Å². The summed E-state index contributed by atoms with van der Waals surface area (Å²) in [5, 5.41) is 1.33. The summed E-state index contributed by atoms with van der Waals surface area (Å²) < 4.78 is 3.58. The number of hydrogen-bond acceptors (Lipinski definition) is 1. The van der Waals surface area contributed by atoms with Crippen molar-refractivity contribution in [2.24, 2.45) is 5.73 Å². The molecule has 2 N–H and O–H groups in total. The molecule has 1 atom stereocenters. The van der Waals surface area contributed by atoms with Crippen LogP contribution in [0, 0.1) is 0 Å². The van der Waals surface area contributed by atoms with Crippen LogP contribution in [-0.2, 0) is 6.54 Å². The molecule has 3 heteroatoms. The third kappa shape index (κ3) is 1.50. The number of aromatic nitrogens is 1. The van der Waals surface area contributed by atoms with Crippen molar-refractivity contribution in [1.29, 1.82) is 0 Å². The van der Waals surface area contributed by atoms with Gasteiger partial charge in [-0.25, -0.2) is 0 Å². The smallest absolute Gasteiger partial charge is 0.0493 e. The Morgan fingerprint density at radius 2 is 2.25 bits per heavy atom. The minimum Gasteiger partial charge on any atom is -0.344 e. The van der Waals surface area contributed by atoms with Crippen molar-refractivity contribution in [3.8, 4) is 0 Å². The Labute approximate surface area is 104 Å². The zero-order chi connectivity index (χ0) is 11.1. The topological polar surface area (TPSA) is 30.9 Å². The normalized spacial score (nSPS) is 20.0. The molecule has 1 unspecified atom stereocenters. The van der Waals surface area contributed by atoms with Crippen LogP contribution in [0.3, 0.4) is 0 Å². The van der Waals surface area contributed by atoms with Gasteiger partial charge in [0, 0.05) is 34.7 Å². The maximum absolute atomic E-state index is 5.85. The predicted octanol–water partition coefficient (Wildman–Crippen LogP) is 3.24. The third-order valence-electron chi connectivity index (χ3n) is 3.54. The van der Waals surface area contributed by atoms with E-state index in [9.17, 15) is 0 Å². The molecule has 1 aromatic heterocycles. The van der Waals surface area contributed by atoms with E-state index in [0.29, 0.717) is 5.92 Å². The highest BCUT2D eigenvalue weighted by Crippen LogP contribution is 2.33. The van der Waals surface area contributed by atoms with Crippen LogP contribution in [0.15, 0.2) is 28.7 Å². The van der Waals surface area contributed by atoms with Crippen molar-refractivity contribution in [3.05, 3.63) is 34.4 Å². The monoisotopic (exact) mass is 278 g/mol. The Kier molecular flexibility index (Phi) is 2.52. The summed E-state index contributed by atoms with van der Waals surface area (Å²) in [6.45, 7) is 1.89. The zero-order valence-corrected chi connectivity index (χ0v) is 10.7. The minimum atomic E-state index is 0.542. The highest BCUT2D eigenvalue weighted by molar-refractivity contribution is 9.10. The SMILES string of the molecule is NCC1CCCn2c1cc1ccc(Br)cc12. The average Bonchev–Trinajstić information content (AvgIpc) is 2.67. The Hall–Kier alpha value is -0.800. The van der Waals surface area contributed by atoms with E-state index in [1.807, 2.05) is 0 Å². The van der Waals surface area contributed by atoms with Crippen LogP contribution in [0.1, 0.15) is 24.5 Å². The van der Waals surface area contributed by atoms with Gasteiger partial charge in [0.2, 0.25) is 0 Å². The molecule has 0 spiro atoms. The van der Waals surface area contributed by atoms with Gasteiger partial charge in [0.1, 0.15) is 0 Å². The van der Waals surface area contributed by atoms with Crippen molar-refractivity contribution in [2.45, 2.75) is 25.3 Å². The molecular formula is C13H15BrN2. The lowest BCUT2D eigenvalue weighted by atomic mass is 9.96. The van der Waals surface area contributed by atoms with Gasteiger partial charge in [-0.3, -0.25) is 0 Å². The second kappa shape index (κ2) is 3.90. The van der Waals surface area contributed by atoms with Crippen LogP contribution in [0.5, 0.6) is 0 Å². The lowest BCUT2D eigenvalue weighted by Crippen LogP contribution is -2.21. The van der Waals surface area contributed by atoms with Crippen molar-refractivity contribution in [2.75, 3.05) is 6.54 Å². The van der Waals surface area contributed by atoms with E-state index < -0.39 is 0 Å². The van der Waals surface area contributed by atoms with E-state index in [0.717, 1.165) is 17.6 Å². The minimum absolute atomic E-state index is 0.542. The van der Waals surface area contributed by atoms with E-state index in [4.69, 9.17) is 5.73 Å². The lowest BCUT2D eigenvalue weighted by Gasteiger charge is -2.24. The highest BCUT2D eigenvalue weighted by Gasteiger charge is 2.21. The quantitative estimate of drug-likeness (QED) is 0.853. The molecule has 0 amide bonds. The molecule has 0 aliphatic carbocycles. The summed E-state index contributed by atoms with van der Waals surface area (Å²) in [6.07, 6.45) is 2.47. The number of rotatable bonds is 1. The summed E-state index contributed by atoms with van der Waals surface area (Å²) in [7, 11) is 0. The maximum atomic E-state index is 5.85. The van der Waals surface area contributed by atoms with Gasteiger partial charge < -0.3 is 10.3 Å². The Bertz CT molecular complexity index is 530. The molecule has 2 heterocycles. The summed E-state index contributed by atoms with van der Waals surface area (Å²) in [6, 6.07) is 8.79. The molecule has 0 fully saturated rings. The Morgan fingerprint density at radius 3 is 3.06 bits per heavy atom. The Balaban J connectivity index is 2.24. The molecule has 0 saturated carbocycles. The van der Waals surface area contributed by atoms with Gasteiger partial charge in [-0.2, -0.15) is 0 Å². The first-order valence-electron chi connectivity index (χ1n) is 5.78. The van der Waals surface area contributed by atoms with Crippen molar-refractivity contribution >= 4 is 26.8 Å². The molecule has 2 nitrogen and oxygen atoms in total. The summed E-state index contributed by atoms with van der Waals surface area (Å²) in [4.78, 5) is 0. The van der Waals surface area contributed by atoms with Crippen LogP contribution in [0.25, 0.3) is 10.9 Å². The van der Waals surface area contributed by atoms with Crippen LogP contribution in [-0.4, -0.2) is 11.1 Å². The number of benzene rings is 1. The van der Waals surface area contributed by atoms with Crippen molar-refractivity contribution in [1.82, 2.24) is 4.57 Å². The van der Waals surface area contributed by atoms with E-state index >= 15 is 0 Å². The zero-order valence-electron chi connectivity index (χ0n) is 9.12. The average molecular weight is 279 g/mol. The van der Waals surface area contributed by atoms with Crippen LogP contribution < -0.4 is 5.73 Å². The molecule has 3 rings (SSSR count). The van der Waals surface area contributed by atoms with Crippen LogP contribution in [0.2, 0.25) is 0 Å². The molecule has 16 heavy (non-hydrogen) atoms. The summed E-state index contributed by atoms with van der Waals surface area (Å²) in [5.74, 6) is 0.542. The predicted molar refractivity (Wildman–Crippen MR) is 70.7 cm³/mol. The largest absolute Gasteiger partial charge is 0.344 e. The fourth-order valence-corrected chi connectivity index (χ4v) is 3.07. The number of fused-ring (bicyclic) bond motifs is 3. The van der Waals surface area contributed by atoms with E-state index in [1.54, 1.807) is 0 Å². The third-order valence-corrected chi connectivity index (χ3v) is 4.03. The molecule has 1 aromatic carbocycles. The van der Waals surface area contributed by atoms with Gasteiger partial charge in [-0.05, 0) is 36.4 Å². The maximum Gasteiger partial charge on any atom is 0.0493 e. The number of nitrogens with zero attached hydrogens (tertiary/aromatic N) is 1. The van der Waals surface area contributed by atoms with Gasteiger partial charge in [-0.15, -0.1) is 0 Å². The molecule has 84 valence electrons. The van der Waals surface area contributed by atoms with Gasteiger partial charge in [0.05, 0.1) is 0 Å².